The highest BCUT2D eigenvalue weighted by Gasteiger charge is 2.21. The number of guanidine groups is 1. The van der Waals surface area contributed by atoms with Crippen molar-refractivity contribution in [2.24, 2.45) is 4.99 Å². The number of hydrogen-bond donors (Lipinski definition) is 3. The van der Waals surface area contributed by atoms with Crippen molar-refractivity contribution in [1.29, 1.82) is 0 Å². The van der Waals surface area contributed by atoms with Crippen LogP contribution in [0.25, 0.3) is 0 Å². The zero-order valence-electron chi connectivity index (χ0n) is 17.3. The molecule has 0 aliphatic rings. The topological polar surface area (TPSA) is 126 Å². The van der Waals surface area contributed by atoms with E-state index in [1.807, 2.05) is 22.6 Å². The van der Waals surface area contributed by atoms with Crippen molar-refractivity contribution in [3.05, 3.63) is 32.9 Å². The van der Waals surface area contributed by atoms with Gasteiger partial charge in [0, 0.05) is 3.57 Å². The molecule has 29 heavy (non-hydrogen) atoms. The summed E-state index contributed by atoms with van der Waals surface area (Å²) in [5.74, 6) is -1.24. The molecule has 0 fully saturated rings. The van der Waals surface area contributed by atoms with E-state index in [2.05, 4.69) is 15.6 Å². The van der Waals surface area contributed by atoms with Crippen LogP contribution in [-0.2, 0) is 16.0 Å². The number of aliphatic imine (C=N–C) groups is 1. The number of amides is 2. The summed E-state index contributed by atoms with van der Waals surface area (Å²) in [6, 6.07) is 4.73. The molecule has 0 heterocycles. The minimum Gasteiger partial charge on any atom is -0.478 e. The summed E-state index contributed by atoms with van der Waals surface area (Å²) in [6.45, 7) is 10.2. The third kappa shape index (κ3) is 10.7. The Labute approximate surface area is 183 Å². The Bertz CT molecular complexity index is 777. The van der Waals surface area contributed by atoms with Crippen LogP contribution in [0.15, 0.2) is 23.2 Å². The van der Waals surface area contributed by atoms with E-state index in [9.17, 15) is 19.5 Å². The number of aromatic carboxylic acids is 1. The van der Waals surface area contributed by atoms with Gasteiger partial charge in [-0.1, -0.05) is 0 Å². The lowest BCUT2D eigenvalue weighted by Crippen LogP contribution is -2.47. The Kier molecular flexibility index (Phi) is 8.42. The quantitative estimate of drug-likeness (QED) is 0.316. The Hall–Kier alpha value is -2.37. The third-order valence-electron chi connectivity index (χ3n) is 2.86. The van der Waals surface area contributed by atoms with Crippen LogP contribution < -0.4 is 10.6 Å². The second-order valence-electron chi connectivity index (χ2n) is 8.07. The van der Waals surface area contributed by atoms with Crippen molar-refractivity contribution < 1.29 is 29.0 Å². The first-order valence-corrected chi connectivity index (χ1v) is 9.80. The summed E-state index contributed by atoms with van der Waals surface area (Å²) in [4.78, 5) is 39.5. The van der Waals surface area contributed by atoms with Gasteiger partial charge in [0.2, 0.25) is 5.96 Å². The maximum absolute atomic E-state index is 12.1. The van der Waals surface area contributed by atoms with Gasteiger partial charge in [-0.05, 0) is 87.9 Å². The van der Waals surface area contributed by atoms with Gasteiger partial charge in [0.25, 0.3) is 0 Å². The van der Waals surface area contributed by atoms with Crippen molar-refractivity contribution in [3.8, 4) is 0 Å². The Balaban J connectivity index is 3.04. The maximum Gasteiger partial charge on any atom is 0.414 e. The fourth-order valence-electron chi connectivity index (χ4n) is 1.95. The van der Waals surface area contributed by atoms with E-state index in [1.54, 1.807) is 47.6 Å². The van der Waals surface area contributed by atoms with Crippen LogP contribution in [-0.4, -0.2) is 40.4 Å². The molecule has 0 atom stereocenters. The highest BCUT2D eigenvalue weighted by atomic mass is 127. The lowest BCUT2D eigenvalue weighted by molar-refractivity contribution is 0.0543. The minimum atomic E-state index is -1.06. The van der Waals surface area contributed by atoms with Crippen LogP contribution in [0.1, 0.15) is 57.5 Å². The van der Waals surface area contributed by atoms with Gasteiger partial charge in [-0.15, -0.1) is 0 Å². The molecular formula is C19H26IN3O6. The second-order valence-corrected chi connectivity index (χ2v) is 9.32. The Morgan fingerprint density at radius 1 is 0.966 bits per heavy atom. The van der Waals surface area contributed by atoms with E-state index >= 15 is 0 Å². The molecule has 0 aliphatic heterocycles. The standard InChI is InChI=1S/C19H26IN3O6/c1-18(2,3)28-16(26)22-15(23-17(27)29-19(4,5)6)21-10-11-7-12(14(24)25)9-13(20)8-11/h7-9H,10H2,1-6H3,(H,24,25)(H2,21,22,23,26,27). The zero-order valence-corrected chi connectivity index (χ0v) is 19.4. The first kappa shape index (κ1) is 24.7. The smallest absolute Gasteiger partial charge is 0.414 e. The van der Waals surface area contributed by atoms with Crippen molar-refractivity contribution in [1.82, 2.24) is 10.6 Å². The number of nitrogens with one attached hydrogen (secondary N) is 2. The number of carbonyl (C=O) groups is 3. The monoisotopic (exact) mass is 519 g/mol. The molecular weight excluding hydrogens is 493 g/mol. The highest BCUT2D eigenvalue weighted by molar-refractivity contribution is 14.1. The second kappa shape index (κ2) is 9.90. The summed E-state index contributed by atoms with van der Waals surface area (Å²) >= 11 is 2.00. The number of carbonyl (C=O) groups excluding carboxylic acids is 2. The lowest BCUT2D eigenvalue weighted by Gasteiger charge is -2.22. The van der Waals surface area contributed by atoms with Crippen LogP contribution >= 0.6 is 22.6 Å². The highest BCUT2D eigenvalue weighted by Crippen LogP contribution is 2.14. The van der Waals surface area contributed by atoms with E-state index < -0.39 is 29.4 Å². The van der Waals surface area contributed by atoms with Crippen LogP contribution in [0.3, 0.4) is 0 Å². The molecule has 160 valence electrons. The Morgan fingerprint density at radius 3 is 1.86 bits per heavy atom. The van der Waals surface area contributed by atoms with Crippen LogP contribution in [0.4, 0.5) is 9.59 Å². The van der Waals surface area contributed by atoms with Crippen molar-refractivity contribution in [2.45, 2.75) is 59.3 Å². The van der Waals surface area contributed by atoms with Gasteiger partial charge in [-0.3, -0.25) is 10.6 Å². The van der Waals surface area contributed by atoms with Gasteiger partial charge in [0.15, 0.2) is 0 Å². The number of carboxylic acids is 1. The van der Waals surface area contributed by atoms with Crippen molar-refractivity contribution in [2.75, 3.05) is 0 Å². The number of rotatable bonds is 3. The number of nitrogens with zero attached hydrogens (tertiary/aromatic N) is 1. The van der Waals surface area contributed by atoms with E-state index in [1.165, 1.54) is 12.1 Å². The molecule has 1 aromatic carbocycles. The third-order valence-corrected chi connectivity index (χ3v) is 3.49. The molecule has 3 N–H and O–H groups in total. The molecule has 0 bridgehead atoms. The number of carboxylic acid groups (broad SMARTS) is 1. The molecule has 0 spiro atoms. The van der Waals surface area contributed by atoms with Crippen molar-refractivity contribution in [3.63, 3.8) is 0 Å². The van der Waals surface area contributed by atoms with E-state index in [4.69, 9.17) is 9.47 Å². The maximum atomic E-state index is 12.1. The molecule has 9 nitrogen and oxygen atoms in total. The molecule has 0 aromatic heterocycles. The largest absolute Gasteiger partial charge is 0.478 e. The van der Waals surface area contributed by atoms with Gasteiger partial charge in [-0.2, -0.15) is 0 Å². The summed E-state index contributed by atoms with van der Waals surface area (Å²) in [5.41, 5.74) is -0.785. The number of benzene rings is 1. The molecule has 0 saturated carbocycles. The minimum absolute atomic E-state index is 0.0120. The molecule has 0 radical (unpaired) electrons. The van der Waals surface area contributed by atoms with Gasteiger partial charge in [-0.25, -0.2) is 19.4 Å². The predicted octanol–water partition coefficient (Wildman–Crippen LogP) is 3.89. The summed E-state index contributed by atoms with van der Waals surface area (Å²) in [5, 5.41) is 13.9. The number of alkyl carbamates (subject to hydrolysis) is 2. The SMILES string of the molecule is CC(C)(C)OC(=O)NC(=NCc1cc(I)cc(C(=O)O)c1)NC(=O)OC(C)(C)C. The molecule has 1 aromatic rings. The summed E-state index contributed by atoms with van der Waals surface area (Å²) < 4.78 is 11.1. The molecule has 0 unspecified atom stereocenters. The Morgan fingerprint density at radius 2 is 1.45 bits per heavy atom. The molecule has 10 heteroatoms. The predicted molar refractivity (Wildman–Crippen MR) is 116 cm³/mol. The average molecular weight is 519 g/mol. The molecule has 0 aliphatic carbocycles. The number of ether oxygens (including phenoxy) is 2. The summed E-state index contributed by atoms with van der Waals surface area (Å²) in [6.07, 6.45) is -1.61. The normalized spacial score (nSPS) is 11.3. The lowest BCUT2D eigenvalue weighted by atomic mass is 10.1. The number of halogens is 1. The van der Waals surface area contributed by atoms with Crippen molar-refractivity contribution >= 4 is 46.7 Å². The molecule has 0 saturated heterocycles. The van der Waals surface area contributed by atoms with Crippen LogP contribution in [0.5, 0.6) is 0 Å². The van der Waals surface area contributed by atoms with Crippen LogP contribution in [0, 0.1) is 3.57 Å². The number of hydrogen-bond acceptors (Lipinski definition) is 6. The van der Waals surface area contributed by atoms with E-state index in [-0.39, 0.29) is 18.1 Å². The fraction of sp³-hybridized carbons (Fsp3) is 0.474. The van der Waals surface area contributed by atoms with Gasteiger partial charge >= 0.3 is 18.2 Å². The average Bonchev–Trinajstić information content (AvgIpc) is 2.48. The first-order chi connectivity index (χ1) is 13.1. The van der Waals surface area contributed by atoms with Crippen LogP contribution in [0.2, 0.25) is 0 Å². The van der Waals surface area contributed by atoms with Gasteiger partial charge < -0.3 is 14.6 Å². The zero-order chi connectivity index (χ0) is 22.4. The van der Waals surface area contributed by atoms with Gasteiger partial charge in [0.05, 0.1) is 12.1 Å². The molecule has 1 rings (SSSR count). The van der Waals surface area contributed by atoms with E-state index in [0.717, 1.165) is 3.57 Å². The summed E-state index contributed by atoms with van der Waals surface area (Å²) in [7, 11) is 0. The van der Waals surface area contributed by atoms with Gasteiger partial charge in [0.1, 0.15) is 11.2 Å². The fourth-order valence-corrected chi connectivity index (χ4v) is 2.68. The first-order valence-electron chi connectivity index (χ1n) is 8.72. The van der Waals surface area contributed by atoms with E-state index in [0.29, 0.717) is 5.56 Å². The molecule has 2 amide bonds.